The smallest absolute Gasteiger partial charge is 0.0131 e. The van der Waals surface area contributed by atoms with E-state index in [-0.39, 0.29) is 26.2 Å². The van der Waals surface area contributed by atoms with Gasteiger partial charge >= 0.3 is 0 Å². The van der Waals surface area contributed by atoms with E-state index in [0.717, 1.165) is 0 Å². The molecule has 0 spiro atoms. The standard InChI is InChI=1S/C10H9.Zr/c1-8-5-6-9-3-2-4-10(9)7-8;/h2-7H,1H3;. The van der Waals surface area contributed by atoms with Crippen LogP contribution in [-0.2, 0) is 26.2 Å². The topological polar surface area (TPSA) is 0 Å². The van der Waals surface area contributed by atoms with Crippen molar-refractivity contribution in [3.8, 4) is 0 Å². The fraction of sp³-hybridized carbons (Fsp3) is 0.100. The summed E-state index contributed by atoms with van der Waals surface area (Å²) in [6.45, 7) is 2.12. The summed E-state index contributed by atoms with van der Waals surface area (Å²) in [6, 6.07) is 6.50. The monoisotopic (exact) mass is 219 g/mol. The molecule has 0 fully saturated rings. The minimum atomic E-state index is 0. The van der Waals surface area contributed by atoms with Gasteiger partial charge in [0.1, 0.15) is 0 Å². The van der Waals surface area contributed by atoms with E-state index in [1.165, 1.54) is 16.7 Å². The molecule has 0 saturated heterocycles. The Morgan fingerprint density at radius 1 is 1.09 bits per heavy atom. The molecule has 0 heterocycles. The molecule has 0 aromatic heterocycles. The van der Waals surface area contributed by atoms with Crippen LogP contribution in [0.2, 0.25) is 0 Å². The first-order valence-electron chi connectivity index (χ1n) is 3.48. The van der Waals surface area contributed by atoms with Gasteiger partial charge in [0.2, 0.25) is 0 Å². The van der Waals surface area contributed by atoms with Crippen LogP contribution in [0.4, 0.5) is 0 Å². The first kappa shape index (κ1) is 8.94. The molecule has 0 bridgehead atoms. The minimum absolute atomic E-state index is 0. The van der Waals surface area contributed by atoms with Gasteiger partial charge in [0.15, 0.2) is 0 Å². The molecule has 0 atom stereocenters. The molecular formula is C10H9Zr. The SMILES string of the molecule is Cc1ccc2c(c1)C=C[CH]2.[Zr]. The summed E-state index contributed by atoms with van der Waals surface area (Å²) in [6.07, 6.45) is 6.36. The molecule has 0 nitrogen and oxygen atoms in total. The zero-order chi connectivity index (χ0) is 6.97. The van der Waals surface area contributed by atoms with Gasteiger partial charge in [-0.15, -0.1) is 0 Å². The van der Waals surface area contributed by atoms with Gasteiger partial charge in [-0.3, -0.25) is 0 Å². The van der Waals surface area contributed by atoms with Crippen molar-refractivity contribution in [2.75, 3.05) is 0 Å². The molecule has 1 radical (unpaired) electrons. The Morgan fingerprint density at radius 2 is 1.91 bits per heavy atom. The van der Waals surface area contributed by atoms with Gasteiger partial charge in [-0.05, 0) is 18.1 Å². The van der Waals surface area contributed by atoms with Crippen molar-refractivity contribution < 1.29 is 26.2 Å². The number of benzene rings is 1. The summed E-state index contributed by atoms with van der Waals surface area (Å²) in [5.74, 6) is 0. The zero-order valence-electron chi connectivity index (χ0n) is 6.46. The predicted molar refractivity (Wildman–Crippen MR) is 43.6 cm³/mol. The van der Waals surface area contributed by atoms with Crippen LogP contribution >= 0.6 is 0 Å². The van der Waals surface area contributed by atoms with E-state index >= 15 is 0 Å². The number of fused-ring (bicyclic) bond motifs is 1. The van der Waals surface area contributed by atoms with E-state index < -0.39 is 0 Å². The average Bonchev–Trinajstić information content (AvgIpc) is 2.33. The molecule has 1 aliphatic rings. The number of rotatable bonds is 0. The van der Waals surface area contributed by atoms with Gasteiger partial charge in [-0.2, -0.15) is 0 Å². The van der Waals surface area contributed by atoms with Crippen molar-refractivity contribution in [3.05, 3.63) is 47.4 Å². The second-order valence-electron chi connectivity index (χ2n) is 2.66. The number of hydrogen-bond donors (Lipinski definition) is 0. The fourth-order valence-corrected chi connectivity index (χ4v) is 1.25. The molecule has 0 N–H and O–H groups in total. The largest absolute Gasteiger partial charge is 0.0755 e. The summed E-state index contributed by atoms with van der Waals surface area (Å²) in [4.78, 5) is 0. The van der Waals surface area contributed by atoms with E-state index in [1.807, 2.05) is 0 Å². The van der Waals surface area contributed by atoms with Crippen molar-refractivity contribution in [1.82, 2.24) is 0 Å². The minimum Gasteiger partial charge on any atom is -0.0755 e. The van der Waals surface area contributed by atoms with Crippen molar-refractivity contribution in [3.63, 3.8) is 0 Å². The van der Waals surface area contributed by atoms with Crippen molar-refractivity contribution >= 4 is 6.08 Å². The molecule has 11 heavy (non-hydrogen) atoms. The maximum absolute atomic E-state index is 2.20. The molecule has 0 unspecified atom stereocenters. The Balaban J connectivity index is 0.000000605. The molecule has 1 aromatic carbocycles. The molecule has 1 aliphatic carbocycles. The second kappa shape index (κ2) is 3.49. The predicted octanol–water partition coefficient (Wildman–Crippen LogP) is 2.57. The van der Waals surface area contributed by atoms with E-state index in [2.05, 4.69) is 43.7 Å². The van der Waals surface area contributed by atoms with E-state index in [4.69, 9.17) is 0 Å². The zero-order valence-corrected chi connectivity index (χ0v) is 8.92. The number of allylic oxidation sites excluding steroid dienone is 1. The van der Waals surface area contributed by atoms with Crippen LogP contribution < -0.4 is 0 Å². The first-order chi connectivity index (χ1) is 4.86. The maximum atomic E-state index is 2.20. The van der Waals surface area contributed by atoms with Crippen LogP contribution in [-0.4, -0.2) is 0 Å². The third-order valence-corrected chi connectivity index (χ3v) is 1.79. The summed E-state index contributed by atoms with van der Waals surface area (Å²) in [5.41, 5.74) is 4.02. The summed E-state index contributed by atoms with van der Waals surface area (Å²) in [7, 11) is 0. The molecule has 1 aromatic rings. The third kappa shape index (κ3) is 1.71. The summed E-state index contributed by atoms with van der Waals surface area (Å²) < 4.78 is 0. The Labute approximate surface area is 86.4 Å². The molecule has 1 heteroatoms. The Bertz CT molecular complexity index is 287. The van der Waals surface area contributed by atoms with Crippen molar-refractivity contribution in [2.45, 2.75) is 6.92 Å². The Kier molecular flexibility index (Phi) is 2.84. The second-order valence-corrected chi connectivity index (χ2v) is 2.66. The molecular weight excluding hydrogens is 211 g/mol. The van der Waals surface area contributed by atoms with E-state index in [9.17, 15) is 0 Å². The summed E-state index contributed by atoms with van der Waals surface area (Å²) in [5, 5.41) is 0. The van der Waals surface area contributed by atoms with Gasteiger partial charge < -0.3 is 0 Å². The van der Waals surface area contributed by atoms with E-state index in [1.54, 1.807) is 0 Å². The van der Waals surface area contributed by atoms with Gasteiger partial charge in [-0.1, -0.05) is 35.9 Å². The quantitative estimate of drug-likeness (QED) is 0.630. The Morgan fingerprint density at radius 3 is 2.73 bits per heavy atom. The maximum Gasteiger partial charge on any atom is 0.0131 e. The van der Waals surface area contributed by atoms with E-state index in [0.29, 0.717) is 0 Å². The van der Waals surface area contributed by atoms with Crippen molar-refractivity contribution in [2.24, 2.45) is 0 Å². The molecule has 0 amide bonds. The van der Waals surface area contributed by atoms with Gasteiger partial charge in [-0.25, -0.2) is 0 Å². The number of hydrogen-bond acceptors (Lipinski definition) is 0. The summed E-state index contributed by atoms with van der Waals surface area (Å²) >= 11 is 0. The molecule has 0 saturated carbocycles. The van der Waals surface area contributed by atoms with Gasteiger partial charge in [0, 0.05) is 32.6 Å². The van der Waals surface area contributed by atoms with Crippen LogP contribution in [0.15, 0.2) is 24.3 Å². The van der Waals surface area contributed by atoms with Crippen LogP contribution in [0.5, 0.6) is 0 Å². The van der Waals surface area contributed by atoms with Crippen LogP contribution in [0, 0.1) is 13.3 Å². The number of aryl methyl sites for hydroxylation is 1. The molecule has 53 valence electrons. The molecule has 2 rings (SSSR count). The van der Waals surface area contributed by atoms with Crippen molar-refractivity contribution in [1.29, 1.82) is 0 Å². The average molecular weight is 220 g/mol. The molecule has 0 aliphatic heterocycles. The van der Waals surface area contributed by atoms with Crippen LogP contribution in [0.1, 0.15) is 16.7 Å². The fourth-order valence-electron chi connectivity index (χ4n) is 1.25. The normalized spacial score (nSPS) is 12.5. The van der Waals surface area contributed by atoms with Crippen LogP contribution in [0.3, 0.4) is 0 Å². The Hall–Kier alpha value is -0.157. The third-order valence-electron chi connectivity index (χ3n) is 1.79. The first-order valence-corrected chi connectivity index (χ1v) is 3.48. The van der Waals surface area contributed by atoms with Crippen LogP contribution in [0.25, 0.3) is 6.08 Å². The van der Waals surface area contributed by atoms with Gasteiger partial charge in [0.25, 0.3) is 0 Å². The van der Waals surface area contributed by atoms with Gasteiger partial charge in [0.05, 0.1) is 0 Å².